The van der Waals surface area contributed by atoms with Crippen LogP contribution in [0.3, 0.4) is 0 Å². The Balaban J connectivity index is 2.11. The molecule has 16 heavy (non-hydrogen) atoms. The van der Waals surface area contributed by atoms with E-state index in [1.54, 1.807) is 13.1 Å². The quantitative estimate of drug-likeness (QED) is 0.757. The van der Waals surface area contributed by atoms with Gasteiger partial charge in [0.15, 0.2) is 0 Å². The third-order valence-corrected chi connectivity index (χ3v) is 2.17. The molecule has 0 spiro atoms. The van der Waals surface area contributed by atoms with Crippen molar-refractivity contribution in [2.45, 2.75) is 0 Å². The maximum atomic E-state index is 11.2. The lowest BCUT2D eigenvalue weighted by Gasteiger charge is -2.11. The molecule has 2 rings (SSSR count). The van der Waals surface area contributed by atoms with Gasteiger partial charge in [-0.2, -0.15) is 0 Å². The predicted octanol–water partition coefficient (Wildman–Crippen LogP) is 1.22. The van der Waals surface area contributed by atoms with Gasteiger partial charge >= 0.3 is 5.69 Å². The molecule has 0 aliphatic heterocycles. The molecule has 5 heteroatoms. The summed E-state index contributed by atoms with van der Waals surface area (Å²) in [6.45, 7) is 0. The fourth-order valence-electron chi connectivity index (χ4n) is 1.26. The normalized spacial score (nSPS) is 9.81. The highest BCUT2D eigenvalue weighted by atomic mass is 16.1. The maximum absolute atomic E-state index is 11.2. The van der Waals surface area contributed by atoms with Crippen LogP contribution in [0.1, 0.15) is 0 Å². The Morgan fingerprint density at radius 2 is 1.88 bits per heavy atom. The Morgan fingerprint density at radius 3 is 2.62 bits per heavy atom. The fraction of sp³-hybridized carbons (Fsp3) is 0.0909. The van der Waals surface area contributed by atoms with E-state index in [1.165, 1.54) is 10.8 Å². The van der Waals surface area contributed by atoms with Crippen molar-refractivity contribution in [3.05, 3.63) is 53.1 Å². The molecule has 1 aromatic heterocycles. The molecule has 1 heterocycles. The summed E-state index contributed by atoms with van der Waals surface area (Å²) in [6.07, 6.45) is 1.47. The van der Waals surface area contributed by atoms with Crippen LogP contribution in [0.5, 0.6) is 0 Å². The third-order valence-electron chi connectivity index (χ3n) is 2.17. The molecule has 1 aromatic carbocycles. The second-order valence-electron chi connectivity index (χ2n) is 3.29. The summed E-state index contributed by atoms with van der Waals surface area (Å²) in [7, 11) is 1.66. The number of nitrogens with one attached hydrogen (secondary N) is 2. The van der Waals surface area contributed by atoms with E-state index >= 15 is 0 Å². The first-order valence-corrected chi connectivity index (χ1v) is 4.86. The summed E-state index contributed by atoms with van der Waals surface area (Å²) < 4.78 is 1.43. The molecule has 5 nitrogen and oxygen atoms in total. The fourth-order valence-corrected chi connectivity index (χ4v) is 1.26. The lowest BCUT2D eigenvalue weighted by molar-refractivity contribution is 0.817. The number of para-hydroxylation sites is 1. The minimum absolute atomic E-state index is 0.292. The van der Waals surface area contributed by atoms with Gasteiger partial charge in [0.2, 0.25) is 0 Å². The second-order valence-corrected chi connectivity index (χ2v) is 3.29. The van der Waals surface area contributed by atoms with E-state index in [9.17, 15) is 4.79 Å². The number of hydrogen-bond donors (Lipinski definition) is 2. The minimum atomic E-state index is -0.292. The van der Waals surface area contributed by atoms with Gasteiger partial charge in [0.25, 0.3) is 0 Å². The average Bonchev–Trinajstić information content (AvgIpc) is 2.32. The van der Waals surface area contributed by atoms with Crippen LogP contribution in [-0.4, -0.2) is 9.55 Å². The Morgan fingerprint density at radius 1 is 1.12 bits per heavy atom. The van der Waals surface area contributed by atoms with E-state index in [0.29, 0.717) is 5.82 Å². The number of anilines is 2. The lowest BCUT2D eigenvalue weighted by Crippen LogP contribution is -2.24. The first kappa shape index (κ1) is 10.2. The summed E-state index contributed by atoms with van der Waals surface area (Å²) in [6, 6.07) is 11.4. The summed E-state index contributed by atoms with van der Waals surface area (Å²) in [4.78, 5) is 14.9. The van der Waals surface area contributed by atoms with Gasteiger partial charge in [-0.05, 0) is 18.2 Å². The van der Waals surface area contributed by atoms with E-state index in [-0.39, 0.29) is 5.69 Å². The molecule has 0 bridgehead atoms. The largest absolute Gasteiger partial charge is 0.348 e. The van der Waals surface area contributed by atoms with Gasteiger partial charge in [0.05, 0.1) is 5.69 Å². The standard InChI is InChI=1S/C11H12N4O/c1-15-10(7-8-12-11(15)16)14-13-9-5-3-2-4-6-9/h2-8,13-14H,1H3. The van der Waals surface area contributed by atoms with Crippen molar-refractivity contribution in [3.8, 4) is 0 Å². The summed E-state index contributed by atoms with van der Waals surface area (Å²) in [5.74, 6) is 0.656. The van der Waals surface area contributed by atoms with Crippen molar-refractivity contribution >= 4 is 11.5 Å². The second kappa shape index (κ2) is 4.48. The molecule has 0 aliphatic rings. The molecule has 82 valence electrons. The van der Waals surface area contributed by atoms with E-state index in [4.69, 9.17) is 0 Å². The van der Waals surface area contributed by atoms with Crippen LogP contribution in [0.15, 0.2) is 47.4 Å². The molecule has 0 radical (unpaired) electrons. The number of hydrogen-bond acceptors (Lipinski definition) is 4. The van der Waals surface area contributed by atoms with Crippen LogP contribution in [0, 0.1) is 0 Å². The highest BCUT2D eigenvalue weighted by Crippen LogP contribution is 2.06. The third kappa shape index (κ3) is 2.20. The van der Waals surface area contributed by atoms with Gasteiger partial charge in [0, 0.05) is 13.2 Å². The van der Waals surface area contributed by atoms with Crippen molar-refractivity contribution in [1.29, 1.82) is 0 Å². The highest BCUT2D eigenvalue weighted by Gasteiger charge is 1.98. The van der Waals surface area contributed by atoms with Gasteiger partial charge < -0.3 is 0 Å². The van der Waals surface area contributed by atoms with Crippen LogP contribution >= 0.6 is 0 Å². The Labute approximate surface area is 92.7 Å². The first-order valence-electron chi connectivity index (χ1n) is 4.86. The topological polar surface area (TPSA) is 59.0 Å². The highest BCUT2D eigenvalue weighted by molar-refractivity contribution is 5.48. The summed E-state index contributed by atoms with van der Waals surface area (Å²) in [5, 5.41) is 0. The van der Waals surface area contributed by atoms with E-state index in [2.05, 4.69) is 15.8 Å². The summed E-state index contributed by atoms with van der Waals surface area (Å²) >= 11 is 0. The zero-order valence-corrected chi connectivity index (χ0v) is 8.84. The van der Waals surface area contributed by atoms with Gasteiger partial charge in [-0.25, -0.2) is 9.78 Å². The molecule has 0 aliphatic carbocycles. The molecule has 0 saturated heterocycles. The number of hydrazine groups is 1. The van der Waals surface area contributed by atoms with Gasteiger partial charge in [0.1, 0.15) is 5.82 Å². The van der Waals surface area contributed by atoms with Crippen molar-refractivity contribution in [2.24, 2.45) is 7.05 Å². The Kier molecular flexibility index (Phi) is 2.86. The van der Waals surface area contributed by atoms with Gasteiger partial charge in [-0.1, -0.05) is 18.2 Å². The van der Waals surface area contributed by atoms with Crippen LogP contribution < -0.4 is 16.5 Å². The van der Waals surface area contributed by atoms with E-state index in [0.717, 1.165) is 5.69 Å². The van der Waals surface area contributed by atoms with Crippen LogP contribution in [0.25, 0.3) is 0 Å². The van der Waals surface area contributed by atoms with Crippen LogP contribution in [0.4, 0.5) is 11.5 Å². The average molecular weight is 216 g/mol. The molecule has 2 N–H and O–H groups in total. The lowest BCUT2D eigenvalue weighted by atomic mass is 10.3. The maximum Gasteiger partial charge on any atom is 0.348 e. The molecular weight excluding hydrogens is 204 g/mol. The Hall–Kier alpha value is -2.30. The van der Waals surface area contributed by atoms with E-state index in [1.807, 2.05) is 30.3 Å². The molecule has 2 aromatic rings. The Bertz CT molecular complexity index is 521. The number of nitrogens with zero attached hydrogens (tertiary/aromatic N) is 2. The zero-order valence-electron chi connectivity index (χ0n) is 8.84. The van der Waals surface area contributed by atoms with Crippen LogP contribution in [0.2, 0.25) is 0 Å². The summed E-state index contributed by atoms with van der Waals surface area (Å²) in [5.41, 5.74) is 6.57. The van der Waals surface area contributed by atoms with Gasteiger partial charge in [-0.3, -0.25) is 15.4 Å². The van der Waals surface area contributed by atoms with Crippen LogP contribution in [-0.2, 0) is 7.05 Å². The molecule has 0 fully saturated rings. The first-order chi connectivity index (χ1) is 7.77. The van der Waals surface area contributed by atoms with Crippen molar-refractivity contribution in [2.75, 3.05) is 10.9 Å². The van der Waals surface area contributed by atoms with E-state index < -0.39 is 0 Å². The predicted molar refractivity (Wildman–Crippen MR) is 63.2 cm³/mol. The van der Waals surface area contributed by atoms with Gasteiger partial charge in [-0.15, -0.1) is 0 Å². The zero-order chi connectivity index (χ0) is 11.4. The smallest absolute Gasteiger partial charge is 0.300 e. The minimum Gasteiger partial charge on any atom is -0.300 e. The number of rotatable bonds is 3. The number of benzene rings is 1. The number of aromatic nitrogens is 2. The van der Waals surface area contributed by atoms with Crippen molar-refractivity contribution in [1.82, 2.24) is 9.55 Å². The monoisotopic (exact) mass is 216 g/mol. The molecule has 0 saturated carbocycles. The molecule has 0 atom stereocenters. The van der Waals surface area contributed by atoms with Crippen molar-refractivity contribution in [3.63, 3.8) is 0 Å². The molecule has 0 amide bonds. The molecular formula is C11H12N4O. The van der Waals surface area contributed by atoms with Crippen molar-refractivity contribution < 1.29 is 0 Å². The SMILES string of the molecule is Cn1c(NNc2ccccc2)ccnc1=O. The molecule has 0 unspecified atom stereocenters.